The second-order valence-electron chi connectivity index (χ2n) is 6.00. The van der Waals surface area contributed by atoms with Gasteiger partial charge in [-0.3, -0.25) is 0 Å². The van der Waals surface area contributed by atoms with E-state index in [-0.39, 0.29) is 11.1 Å². The molecule has 3 heteroatoms. The van der Waals surface area contributed by atoms with Crippen LogP contribution in [0.5, 0.6) is 0 Å². The molecule has 0 saturated heterocycles. The number of allylic oxidation sites excluding steroid dienone is 1. The highest BCUT2D eigenvalue weighted by molar-refractivity contribution is 5.71. The molecule has 0 unspecified atom stereocenters. The van der Waals surface area contributed by atoms with Gasteiger partial charge in [0.2, 0.25) is 0 Å². The lowest BCUT2D eigenvalue weighted by Gasteiger charge is -2.19. The summed E-state index contributed by atoms with van der Waals surface area (Å²) in [4.78, 5) is 0. The van der Waals surface area contributed by atoms with Crippen LogP contribution in [0, 0.1) is 17.5 Å². The van der Waals surface area contributed by atoms with Gasteiger partial charge in [0, 0.05) is 11.1 Å². The monoisotopic (exact) mass is 316 g/mol. The fourth-order valence-corrected chi connectivity index (χ4v) is 3.12. The summed E-state index contributed by atoms with van der Waals surface area (Å²) in [5.41, 5.74) is 2.91. The minimum absolute atomic E-state index is 0.0222. The van der Waals surface area contributed by atoms with Crippen LogP contribution in [0.15, 0.2) is 35.9 Å². The number of unbranched alkanes of at least 4 members (excludes halogenated alkanes) is 1. The number of hydrogen-bond acceptors (Lipinski definition) is 0. The molecule has 0 heterocycles. The van der Waals surface area contributed by atoms with Gasteiger partial charge in [-0.25, -0.2) is 13.2 Å². The molecular weight excluding hydrogens is 297 g/mol. The van der Waals surface area contributed by atoms with Gasteiger partial charge < -0.3 is 0 Å². The predicted molar refractivity (Wildman–Crippen MR) is 87.6 cm³/mol. The summed E-state index contributed by atoms with van der Waals surface area (Å²) in [5.74, 6) is -2.39. The molecule has 0 amide bonds. The zero-order chi connectivity index (χ0) is 16.4. The molecule has 2 aromatic rings. The molecule has 0 bridgehead atoms. The Morgan fingerprint density at radius 2 is 1.70 bits per heavy atom. The number of benzene rings is 2. The normalized spacial score (nSPS) is 13.7. The minimum atomic E-state index is -0.999. The Morgan fingerprint density at radius 3 is 2.48 bits per heavy atom. The van der Waals surface area contributed by atoms with Crippen molar-refractivity contribution in [2.45, 2.75) is 39.0 Å². The third-order valence-corrected chi connectivity index (χ3v) is 4.43. The molecule has 0 saturated carbocycles. The summed E-state index contributed by atoms with van der Waals surface area (Å²) < 4.78 is 42.2. The van der Waals surface area contributed by atoms with E-state index in [0.717, 1.165) is 37.3 Å². The first kappa shape index (κ1) is 15.9. The van der Waals surface area contributed by atoms with Gasteiger partial charge >= 0.3 is 0 Å². The maximum Gasteiger partial charge on any atom is 0.166 e. The molecule has 0 spiro atoms. The number of hydrogen-bond donors (Lipinski definition) is 0. The van der Waals surface area contributed by atoms with Crippen LogP contribution in [-0.4, -0.2) is 0 Å². The summed E-state index contributed by atoms with van der Waals surface area (Å²) in [5, 5.41) is 0. The lowest BCUT2D eigenvalue weighted by Crippen LogP contribution is -2.04. The molecule has 2 aromatic carbocycles. The Morgan fingerprint density at radius 1 is 0.913 bits per heavy atom. The Balaban J connectivity index is 2.02. The van der Waals surface area contributed by atoms with Crippen molar-refractivity contribution in [2.75, 3.05) is 0 Å². The second-order valence-corrected chi connectivity index (χ2v) is 6.00. The van der Waals surface area contributed by atoms with Crippen LogP contribution in [0.4, 0.5) is 13.2 Å². The van der Waals surface area contributed by atoms with Crippen LogP contribution < -0.4 is 0 Å². The second kappa shape index (κ2) is 6.61. The number of fused-ring (bicyclic) bond motifs is 1. The van der Waals surface area contributed by atoms with E-state index in [4.69, 9.17) is 0 Å². The maximum absolute atomic E-state index is 14.8. The molecule has 0 atom stereocenters. The van der Waals surface area contributed by atoms with Gasteiger partial charge in [0.1, 0.15) is 5.82 Å². The number of halogens is 3. The Bertz CT molecular complexity index is 760. The Kier molecular flexibility index (Phi) is 4.56. The summed E-state index contributed by atoms with van der Waals surface area (Å²) >= 11 is 0. The van der Waals surface area contributed by atoms with Gasteiger partial charge in [-0.15, -0.1) is 0 Å². The molecule has 0 aromatic heterocycles. The zero-order valence-corrected chi connectivity index (χ0v) is 13.1. The van der Waals surface area contributed by atoms with Crippen molar-refractivity contribution in [3.63, 3.8) is 0 Å². The quantitative estimate of drug-likeness (QED) is 0.621. The van der Waals surface area contributed by atoms with Gasteiger partial charge in [0.15, 0.2) is 11.6 Å². The molecule has 1 aliphatic rings. The molecule has 0 radical (unpaired) electrons. The van der Waals surface area contributed by atoms with Crippen LogP contribution in [0.25, 0.3) is 17.2 Å². The highest BCUT2D eigenvalue weighted by Crippen LogP contribution is 2.34. The van der Waals surface area contributed by atoms with Crippen LogP contribution >= 0.6 is 0 Å². The van der Waals surface area contributed by atoms with E-state index in [0.29, 0.717) is 12.0 Å². The Hall–Kier alpha value is -2.03. The fourth-order valence-electron chi connectivity index (χ4n) is 3.12. The van der Waals surface area contributed by atoms with E-state index >= 15 is 0 Å². The van der Waals surface area contributed by atoms with Gasteiger partial charge in [-0.05, 0) is 42.9 Å². The molecule has 0 fully saturated rings. The first-order valence-corrected chi connectivity index (χ1v) is 8.07. The maximum atomic E-state index is 14.8. The van der Waals surface area contributed by atoms with Gasteiger partial charge in [0.05, 0.1) is 0 Å². The van der Waals surface area contributed by atoms with E-state index in [2.05, 4.69) is 6.92 Å². The SMILES string of the molecule is CCCCC1=Cc2ccc(-c3cccc(F)c3F)c(F)c2CC1. The van der Waals surface area contributed by atoms with E-state index in [9.17, 15) is 13.2 Å². The van der Waals surface area contributed by atoms with Gasteiger partial charge in [-0.2, -0.15) is 0 Å². The zero-order valence-electron chi connectivity index (χ0n) is 13.1. The van der Waals surface area contributed by atoms with E-state index in [1.165, 1.54) is 17.7 Å². The molecule has 0 nitrogen and oxygen atoms in total. The Labute approximate surface area is 134 Å². The molecule has 0 N–H and O–H groups in total. The minimum Gasteiger partial charge on any atom is -0.206 e. The van der Waals surface area contributed by atoms with Crippen LogP contribution in [-0.2, 0) is 6.42 Å². The van der Waals surface area contributed by atoms with Gasteiger partial charge in [-0.1, -0.05) is 49.3 Å². The van der Waals surface area contributed by atoms with Crippen molar-refractivity contribution in [3.05, 3.63) is 64.5 Å². The van der Waals surface area contributed by atoms with Crippen LogP contribution in [0.2, 0.25) is 0 Å². The summed E-state index contributed by atoms with van der Waals surface area (Å²) in [7, 11) is 0. The number of rotatable bonds is 4. The largest absolute Gasteiger partial charge is 0.206 e. The molecule has 120 valence electrons. The first-order chi connectivity index (χ1) is 11.1. The van der Waals surface area contributed by atoms with E-state index in [1.807, 2.05) is 12.1 Å². The molecule has 1 aliphatic carbocycles. The molecule has 3 rings (SSSR count). The van der Waals surface area contributed by atoms with Crippen molar-refractivity contribution in [1.29, 1.82) is 0 Å². The topological polar surface area (TPSA) is 0 Å². The highest BCUT2D eigenvalue weighted by atomic mass is 19.2. The summed E-state index contributed by atoms with van der Waals surface area (Å²) in [6.45, 7) is 2.15. The average molecular weight is 316 g/mol. The standard InChI is InChI=1S/C20H19F3/c1-2-3-5-13-8-10-15-14(12-13)9-11-17(19(15)22)16-6-4-7-18(21)20(16)23/h4,6-7,9,11-12H,2-3,5,8,10H2,1H3. The van der Waals surface area contributed by atoms with Crippen molar-refractivity contribution < 1.29 is 13.2 Å². The lowest BCUT2D eigenvalue weighted by molar-refractivity contribution is 0.510. The first-order valence-electron chi connectivity index (χ1n) is 8.07. The third kappa shape index (κ3) is 3.05. The molecular formula is C20H19F3. The molecule has 23 heavy (non-hydrogen) atoms. The molecule has 0 aliphatic heterocycles. The van der Waals surface area contributed by atoms with Gasteiger partial charge in [0.25, 0.3) is 0 Å². The summed E-state index contributed by atoms with van der Waals surface area (Å²) in [6.07, 6.45) is 6.80. The average Bonchev–Trinajstić information content (AvgIpc) is 2.56. The smallest absolute Gasteiger partial charge is 0.166 e. The van der Waals surface area contributed by atoms with E-state index in [1.54, 1.807) is 6.07 Å². The van der Waals surface area contributed by atoms with Crippen LogP contribution in [0.3, 0.4) is 0 Å². The van der Waals surface area contributed by atoms with Crippen molar-refractivity contribution >= 4 is 6.08 Å². The van der Waals surface area contributed by atoms with Crippen molar-refractivity contribution in [3.8, 4) is 11.1 Å². The highest BCUT2D eigenvalue weighted by Gasteiger charge is 2.20. The van der Waals surface area contributed by atoms with Crippen molar-refractivity contribution in [2.24, 2.45) is 0 Å². The lowest BCUT2D eigenvalue weighted by atomic mass is 9.87. The summed E-state index contributed by atoms with van der Waals surface area (Å²) in [6, 6.07) is 7.20. The van der Waals surface area contributed by atoms with Crippen LogP contribution in [0.1, 0.15) is 43.7 Å². The third-order valence-electron chi connectivity index (χ3n) is 4.43. The van der Waals surface area contributed by atoms with E-state index < -0.39 is 17.5 Å². The fraction of sp³-hybridized carbons (Fsp3) is 0.300. The predicted octanol–water partition coefficient (Wildman–Crippen LogP) is 6.29. The van der Waals surface area contributed by atoms with Crippen molar-refractivity contribution in [1.82, 2.24) is 0 Å².